The van der Waals surface area contributed by atoms with E-state index < -0.39 is 11.9 Å². The molecule has 214 valence electrons. The van der Waals surface area contributed by atoms with Crippen molar-refractivity contribution in [1.29, 1.82) is 0 Å². The quantitative estimate of drug-likeness (QED) is 0.0907. The van der Waals surface area contributed by atoms with Gasteiger partial charge in [-0.25, -0.2) is 10.2 Å². The zero-order valence-electron chi connectivity index (χ0n) is 22.5. The first-order valence-electron chi connectivity index (χ1n) is 13.2. The van der Waals surface area contributed by atoms with E-state index in [2.05, 4.69) is 17.5 Å². The number of unbranched alkanes of at least 4 members (excludes halogenated alkanes) is 3. The fourth-order valence-electron chi connectivity index (χ4n) is 4.47. The summed E-state index contributed by atoms with van der Waals surface area (Å²) in [6.45, 7) is 2.68. The fraction of sp³-hybridized carbons (Fsp3) is 0.267. The molecule has 0 fully saturated rings. The van der Waals surface area contributed by atoms with E-state index in [0.717, 1.165) is 54.0 Å². The van der Waals surface area contributed by atoms with Gasteiger partial charge in [-0.1, -0.05) is 61.5 Å². The number of nitrogens with zero attached hydrogens (tertiary/aromatic N) is 2. The zero-order valence-corrected chi connectivity index (χ0v) is 24.8. The summed E-state index contributed by atoms with van der Waals surface area (Å²) in [5, 5.41) is 13.5. The second-order valence-corrected chi connectivity index (χ2v) is 11.5. The van der Waals surface area contributed by atoms with Crippen LogP contribution < -0.4 is 16.1 Å². The van der Waals surface area contributed by atoms with Gasteiger partial charge in [-0.2, -0.15) is 5.10 Å². The van der Waals surface area contributed by atoms with Gasteiger partial charge in [0.1, 0.15) is 0 Å². The average molecular weight is 614 g/mol. The number of thioether (sulfide) groups is 1. The first-order valence-corrected chi connectivity index (χ1v) is 15.0. The van der Waals surface area contributed by atoms with Crippen LogP contribution in [-0.4, -0.2) is 40.9 Å². The third-order valence-corrected chi connectivity index (χ3v) is 8.48. The molecule has 41 heavy (non-hydrogen) atoms. The van der Waals surface area contributed by atoms with Crippen LogP contribution in [0.2, 0.25) is 10.0 Å². The van der Waals surface area contributed by atoms with Gasteiger partial charge in [-0.15, -0.1) is 11.8 Å². The lowest BCUT2D eigenvalue weighted by Crippen LogP contribution is -2.32. The summed E-state index contributed by atoms with van der Waals surface area (Å²) in [6, 6.07) is 15.6. The van der Waals surface area contributed by atoms with Gasteiger partial charge in [-0.3, -0.25) is 9.59 Å². The number of carbonyl (C=O) groups excluding carboxylic acids is 2. The molecular weight excluding hydrogens is 583 g/mol. The minimum absolute atomic E-state index is 0.00805. The molecular formula is C30H30Cl2N4O4S. The number of halogens is 2. The van der Waals surface area contributed by atoms with Gasteiger partial charge in [0.05, 0.1) is 26.9 Å². The van der Waals surface area contributed by atoms with Crippen molar-refractivity contribution < 1.29 is 19.5 Å². The molecule has 1 aliphatic rings. The Kier molecular flexibility index (Phi) is 10.3. The van der Waals surface area contributed by atoms with Crippen LogP contribution in [0.15, 0.2) is 64.6 Å². The van der Waals surface area contributed by atoms with Gasteiger partial charge in [-0.05, 0) is 60.9 Å². The molecule has 11 heteroatoms. The minimum Gasteiger partial charge on any atom is -0.478 e. The Hall–Kier alpha value is -3.53. The Labute approximate surface area is 252 Å². The molecule has 0 atom stereocenters. The highest BCUT2D eigenvalue weighted by atomic mass is 35.5. The molecule has 0 saturated carbocycles. The fourth-order valence-corrected chi connectivity index (χ4v) is 5.82. The molecule has 0 aliphatic carbocycles. The largest absolute Gasteiger partial charge is 0.478 e. The van der Waals surface area contributed by atoms with E-state index in [0.29, 0.717) is 12.1 Å². The van der Waals surface area contributed by atoms with Crippen LogP contribution in [0.4, 0.5) is 11.4 Å². The molecule has 0 radical (unpaired) electrons. The lowest BCUT2D eigenvalue weighted by molar-refractivity contribution is -0.112. The van der Waals surface area contributed by atoms with E-state index in [1.54, 1.807) is 28.8 Å². The van der Waals surface area contributed by atoms with E-state index in [1.807, 2.05) is 30.3 Å². The number of carboxylic acids is 1. The number of nitrogens with two attached hydrogens (primary N) is 1. The number of hydrogen-bond donors (Lipinski definition) is 3. The number of benzene rings is 3. The molecule has 4 N–H and O–H groups in total. The highest BCUT2D eigenvalue weighted by molar-refractivity contribution is 7.99. The first kappa shape index (κ1) is 30.4. The van der Waals surface area contributed by atoms with Crippen molar-refractivity contribution in [3.8, 4) is 0 Å². The van der Waals surface area contributed by atoms with Crippen LogP contribution in [0.3, 0.4) is 0 Å². The number of fused-ring (bicyclic) bond motifs is 1. The van der Waals surface area contributed by atoms with E-state index in [1.165, 1.54) is 12.1 Å². The molecule has 1 aliphatic heterocycles. The third kappa shape index (κ3) is 7.22. The molecule has 3 aromatic rings. The number of amides is 2. The number of aryl methyl sites for hydroxylation is 1. The maximum Gasteiger partial charge on any atom is 0.335 e. The number of aromatic carboxylic acids is 1. The zero-order chi connectivity index (χ0) is 29.5. The molecule has 1 heterocycles. The van der Waals surface area contributed by atoms with Crippen molar-refractivity contribution in [2.24, 2.45) is 5.10 Å². The van der Waals surface area contributed by atoms with Crippen molar-refractivity contribution in [3.63, 3.8) is 0 Å². The minimum atomic E-state index is -0.953. The maximum absolute atomic E-state index is 13.5. The van der Waals surface area contributed by atoms with E-state index in [4.69, 9.17) is 34.0 Å². The van der Waals surface area contributed by atoms with Crippen LogP contribution in [0.25, 0.3) is 0 Å². The molecule has 3 aromatic carbocycles. The Bertz CT molecular complexity index is 1490. The number of hydrazone groups is 1. The van der Waals surface area contributed by atoms with E-state index in [-0.39, 0.29) is 38.5 Å². The van der Waals surface area contributed by atoms with Gasteiger partial charge in [0.25, 0.3) is 11.8 Å². The Morgan fingerprint density at radius 2 is 1.80 bits per heavy atom. The SMILES string of the molecule is CCCCCCN1C(=O)C(=NNC(=O)c2c(N)ccc(Cl)c2Cl)c2cc(SCCc3ccc(C(=O)O)cc3)ccc21. The topological polar surface area (TPSA) is 125 Å². The number of carbonyl (C=O) groups is 3. The molecule has 0 spiro atoms. The van der Waals surface area contributed by atoms with Gasteiger partial charge >= 0.3 is 5.97 Å². The number of hydrogen-bond acceptors (Lipinski definition) is 6. The maximum atomic E-state index is 13.5. The first-order chi connectivity index (χ1) is 19.7. The molecule has 8 nitrogen and oxygen atoms in total. The van der Waals surface area contributed by atoms with E-state index >= 15 is 0 Å². The second-order valence-electron chi connectivity index (χ2n) is 9.52. The average Bonchev–Trinajstić information content (AvgIpc) is 3.22. The second kappa shape index (κ2) is 13.9. The Morgan fingerprint density at radius 3 is 2.51 bits per heavy atom. The van der Waals surface area contributed by atoms with Gasteiger partial charge in [0.15, 0.2) is 5.71 Å². The number of rotatable bonds is 12. The summed E-state index contributed by atoms with van der Waals surface area (Å²) in [5.41, 5.74) is 11.3. The van der Waals surface area contributed by atoms with Crippen LogP contribution in [0, 0.1) is 0 Å². The molecule has 0 saturated heterocycles. The summed E-state index contributed by atoms with van der Waals surface area (Å²) < 4.78 is 0. The predicted molar refractivity (Wildman–Crippen MR) is 166 cm³/mol. The van der Waals surface area contributed by atoms with Crippen molar-refractivity contribution in [1.82, 2.24) is 5.43 Å². The lowest BCUT2D eigenvalue weighted by Gasteiger charge is -2.17. The normalized spacial score (nSPS) is 13.5. The van der Waals surface area contributed by atoms with Crippen molar-refractivity contribution in [2.45, 2.75) is 43.9 Å². The molecule has 4 rings (SSSR count). The number of anilines is 2. The van der Waals surface area contributed by atoms with Crippen LogP contribution in [0.5, 0.6) is 0 Å². The standard InChI is InChI=1S/C30H30Cl2N4O4S/c1-2-3-4-5-15-36-24-13-10-20(41-16-14-18-6-8-19(9-7-18)30(39)40)17-21(24)27(29(36)38)34-35-28(37)25-23(33)12-11-22(31)26(25)32/h6-13,17H,2-5,14-16,33H2,1H3,(H,35,37)(H,39,40). The summed E-state index contributed by atoms with van der Waals surface area (Å²) in [5.74, 6) is -1.17. The van der Waals surface area contributed by atoms with Crippen molar-refractivity contribution in [2.75, 3.05) is 22.9 Å². The molecule has 0 aromatic heterocycles. The van der Waals surface area contributed by atoms with Gasteiger partial charge in [0, 0.05) is 28.4 Å². The Balaban J connectivity index is 1.54. The van der Waals surface area contributed by atoms with Crippen LogP contribution in [0.1, 0.15) is 64.4 Å². The summed E-state index contributed by atoms with van der Waals surface area (Å²) in [7, 11) is 0. The van der Waals surface area contributed by atoms with Crippen LogP contribution in [-0.2, 0) is 11.2 Å². The molecule has 0 unspecified atom stereocenters. The summed E-state index contributed by atoms with van der Waals surface area (Å²) in [6.07, 6.45) is 4.77. The van der Waals surface area contributed by atoms with Gasteiger partial charge in [0.2, 0.25) is 0 Å². The Morgan fingerprint density at radius 1 is 1.05 bits per heavy atom. The molecule has 2 amide bonds. The monoisotopic (exact) mass is 612 g/mol. The third-order valence-electron chi connectivity index (χ3n) is 6.68. The predicted octanol–water partition coefficient (Wildman–Crippen LogP) is 6.67. The number of nitrogens with one attached hydrogen (secondary N) is 1. The van der Waals surface area contributed by atoms with Gasteiger partial charge < -0.3 is 15.7 Å². The van der Waals surface area contributed by atoms with E-state index in [9.17, 15) is 14.4 Å². The smallest absolute Gasteiger partial charge is 0.335 e. The highest BCUT2D eigenvalue weighted by Gasteiger charge is 2.34. The molecule has 0 bridgehead atoms. The van der Waals surface area contributed by atoms with Crippen molar-refractivity contribution >= 4 is 69.8 Å². The van der Waals surface area contributed by atoms with Crippen molar-refractivity contribution in [3.05, 3.63) is 86.9 Å². The van der Waals surface area contributed by atoms with Crippen LogP contribution >= 0.6 is 35.0 Å². The highest BCUT2D eigenvalue weighted by Crippen LogP contribution is 2.34. The summed E-state index contributed by atoms with van der Waals surface area (Å²) in [4.78, 5) is 40.1. The summed E-state index contributed by atoms with van der Waals surface area (Å²) >= 11 is 13.9. The number of carboxylic acid groups (broad SMARTS) is 1. The lowest BCUT2D eigenvalue weighted by atomic mass is 10.1. The number of nitrogen functional groups attached to an aromatic ring is 1.